The number of pyridine rings is 1. The molecule has 0 spiro atoms. The maximum atomic E-state index is 13.2. The van der Waals surface area contributed by atoms with E-state index in [-0.39, 0.29) is 11.8 Å². The minimum Gasteiger partial charge on any atom is -0.493 e. The number of morpholine rings is 1. The van der Waals surface area contributed by atoms with E-state index in [0.717, 1.165) is 84.0 Å². The minimum absolute atomic E-state index is 0.0161. The van der Waals surface area contributed by atoms with Crippen molar-refractivity contribution >= 4 is 5.91 Å². The highest BCUT2D eigenvalue weighted by molar-refractivity contribution is 5.79. The van der Waals surface area contributed by atoms with Crippen molar-refractivity contribution in [1.29, 1.82) is 0 Å². The minimum atomic E-state index is -0.0161. The lowest BCUT2D eigenvalue weighted by molar-refractivity contribution is -0.127. The van der Waals surface area contributed by atoms with Crippen molar-refractivity contribution in [2.24, 2.45) is 11.8 Å². The molecule has 0 saturated carbocycles. The van der Waals surface area contributed by atoms with Crippen molar-refractivity contribution in [2.75, 3.05) is 59.1 Å². The number of likely N-dealkylation sites (tertiary alicyclic amines) is 1. The highest BCUT2D eigenvalue weighted by Gasteiger charge is 2.32. The van der Waals surface area contributed by atoms with E-state index in [1.165, 1.54) is 29.5 Å². The largest absolute Gasteiger partial charge is 0.493 e. The maximum Gasteiger partial charge on any atom is 0.224 e. The van der Waals surface area contributed by atoms with Crippen LogP contribution < -0.4 is 10.1 Å². The monoisotopic (exact) mass is 492 g/mol. The number of carbonyl (C=O) groups is 1. The summed E-state index contributed by atoms with van der Waals surface area (Å²) in [4.78, 5) is 22.1. The number of ether oxygens (including phenoxy) is 2. The van der Waals surface area contributed by atoms with Gasteiger partial charge in [0.1, 0.15) is 5.75 Å². The predicted octanol–water partition coefficient (Wildman–Crippen LogP) is 2.93. The molecular formula is C29H40N4O3. The molecule has 5 rings (SSSR count). The van der Waals surface area contributed by atoms with Crippen molar-refractivity contribution in [3.63, 3.8) is 0 Å². The van der Waals surface area contributed by atoms with Crippen molar-refractivity contribution in [2.45, 2.75) is 38.6 Å². The topological polar surface area (TPSA) is 66.9 Å². The van der Waals surface area contributed by atoms with Gasteiger partial charge in [-0.3, -0.25) is 19.6 Å². The van der Waals surface area contributed by atoms with Crippen molar-refractivity contribution in [3.05, 3.63) is 59.4 Å². The van der Waals surface area contributed by atoms with Crippen molar-refractivity contribution in [3.8, 4) is 5.75 Å². The van der Waals surface area contributed by atoms with E-state index in [1.54, 1.807) is 0 Å². The van der Waals surface area contributed by atoms with E-state index < -0.39 is 0 Å². The number of nitrogens with zero attached hydrogens (tertiary/aromatic N) is 3. The number of piperidine rings is 1. The van der Waals surface area contributed by atoms with E-state index in [9.17, 15) is 4.79 Å². The fraction of sp³-hybridized carbons (Fsp3) is 0.586. The summed E-state index contributed by atoms with van der Waals surface area (Å²) < 4.78 is 11.7. The lowest BCUT2D eigenvalue weighted by Gasteiger charge is -2.37. The molecule has 1 amide bonds. The molecule has 7 heteroatoms. The molecule has 7 nitrogen and oxygen atoms in total. The Morgan fingerprint density at radius 2 is 1.89 bits per heavy atom. The zero-order valence-electron chi connectivity index (χ0n) is 21.4. The number of fused-ring (bicyclic) bond motifs is 1. The lowest BCUT2D eigenvalue weighted by atomic mass is 9.88. The number of carbonyl (C=O) groups excluding carboxylic acids is 1. The standard InChI is InChI=1S/C29H40N4O3/c34-29(31-9-2-12-32-13-15-35-16-14-32)27-17-24(20-33(21-27)19-23-7-10-30-11-8-23)22-36-28-6-5-25-3-1-4-26(25)18-28/h5-8,10-11,18,24,27H,1-4,9,12-17,19-22H2,(H,31,34)/t24-,27+/m0/s1. The molecular weight excluding hydrogens is 452 g/mol. The number of amides is 1. The summed E-state index contributed by atoms with van der Waals surface area (Å²) in [6, 6.07) is 10.7. The number of hydrogen-bond acceptors (Lipinski definition) is 6. The third kappa shape index (κ3) is 7.05. The van der Waals surface area contributed by atoms with Crippen LogP contribution in [0.1, 0.15) is 36.0 Å². The van der Waals surface area contributed by atoms with E-state index in [2.05, 4.69) is 50.4 Å². The number of hydrogen-bond donors (Lipinski definition) is 1. The predicted molar refractivity (Wildman–Crippen MR) is 140 cm³/mol. The Morgan fingerprint density at radius 3 is 2.75 bits per heavy atom. The van der Waals surface area contributed by atoms with Crippen LogP contribution in [0.4, 0.5) is 0 Å². The first kappa shape index (κ1) is 25.2. The molecule has 194 valence electrons. The van der Waals surface area contributed by atoms with Gasteiger partial charge in [0.15, 0.2) is 0 Å². The summed E-state index contributed by atoms with van der Waals surface area (Å²) >= 11 is 0. The van der Waals surface area contributed by atoms with Crippen LogP contribution in [0.5, 0.6) is 5.75 Å². The van der Waals surface area contributed by atoms with Gasteiger partial charge in [-0.2, -0.15) is 0 Å². The molecule has 2 atom stereocenters. The summed E-state index contributed by atoms with van der Waals surface area (Å²) in [5.41, 5.74) is 4.13. The maximum absolute atomic E-state index is 13.2. The van der Waals surface area contributed by atoms with Crippen LogP contribution in [0.25, 0.3) is 0 Å². The van der Waals surface area contributed by atoms with Gasteiger partial charge in [-0.25, -0.2) is 0 Å². The summed E-state index contributed by atoms with van der Waals surface area (Å²) in [7, 11) is 0. The van der Waals surface area contributed by atoms with Gasteiger partial charge in [-0.05, 0) is 79.6 Å². The van der Waals surface area contributed by atoms with Crippen LogP contribution in [0.2, 0.25) is 0 Å². The highest BCUT2D eigenvalue weighted by Crippen LogP contribution is 2.28. The Kier molecular flexibility index (Phi) is 8.85. The van der Waals surface area contributed by atoms with Crippen LogP contribution in [0, 0.1) is 11.8 Å². The average molecular weight is 493 g/mol. The normalized spacial score (nSPS) is 22.8. The Labute approximate surface area is 215 Å². The van der Waals surface area contributed by atoms with Gasteiger partial charge >= 0.3 is 0 Å². The number of aryl methyl sites for hydroxylation is 2. The quantitative estimate of drug-likeness (QED) is 0.515. The molecule has 2 aromatic rings. The first-order valence-electron chi connectivity index (χ1n) is 13.7. The molecule has 1 aromatic heterocycles. The highest BCUT2D eigenvalue weighted by atomic mass is 16.5. The molecule has 2 fully saturated rings. The molecule has 1 aromatic carbocycles. The molecule has 1 N–H and O–H groups in total. The van der Waals surface area contributed by atoms with Gasteiger partial charge in [-0.15, -0.1) is 0 Å². The van der Waals surface area contributed by atoms with E-state index in [4.69, 9.17) is 9.47 Å². The second kappa shape index (κ2) is 12.7. The molecule has 1 aliphatic carbocycles. The van der Waals surface area contributed by atoms with Crippen LogP contribution in [0.15, 0.2) is 42.7 Å². The van der Waals surface area contributed by atoms with E-state index in [0.29, 0.717) is 12.5 Å². The second-order valence-electron chi connectivity index (χ2n) is 10.5. The first-order valence-corrected chi connectivity index (χ1v) is 13.7. The van der Waals surface area contributed by atoms with Crippen molar-refractivity contribution < 1.29 is 14.3 Å². The third-order valence-corrected chi connectivity index (χ3v) is 7.75. The molecule has 3 aliphatic rings. The van der Waals surface area contributed by atoms with Gasteiger partial charge in [0.05, 0.1) is 25.7 Å². The van der Waals surface area contributed by atoms with Crippen LogP contribution in [0.3, 0.4) is 0 Å². The van der Waals surface area contributed by atoms with Crippen LogP contribution in [-0.2, 0) is 28.9 Å². The molecule has 0 bridgehead atoms. The first-order chi connectivity index (χ1) is 17.7. The van der Waals surface area contributed by atoms with Gasteiger partial charge in [0.2, 0.25) is 5.91 Å². The number of benzene rings is 1. The van der Waals surface area contributed by atoms with E-state index in [1.807, 2.05) is 12.4 Å². The number of nitrogens with one attached hydrogen (secondary N) is 1. The Morgan fingerprint density at radius 1 is 1.06 bits per heavy atom. The van der Waals surface area contributed by atoms with E-state index >= 15 is 0 Å². The lowest BCUT2D eigenvalue weighted by Crippen LogP contribution is -2.47. The fourth-order valence-electron chi connectivity index (χ4n) is 5.82. The van der Waals surface area contributed by atoms with Gasteiger partial charge in [0.25, 0.3) is 0 Å². The van der Waals surface area contributed by atoms with Crippen LogP contribution >= 0.6 is 0 Å². The third-order valence-electron chi connectivity index (χ3n) is 7.75. The molecule has 36 heavy (non-hydrogen) atoms. The molecule has 2 saturated heterocycles. The summed E-state index contributed by atoms with van der Waals surface area (Å²) in [5, 5.41) is 3.22. The SMILES string of the molecule is O=C(NCCCN1CCOCC1)[C@@H]1C[C@H](COc2ccc3c(c2)CCC3)CN(Cc2ccncc2)C1. The number of rotatable bonds is 10. The Balaban J connectivity index is 1.15. The van der Waals surface area contributed by atoms with Gasteiger partial charge in [-0.1, -0.05) is 6.07 Å². The zero-order chi connectivity index (χ0) is 24.6. The van der Waals surface area contributed by atoms with Gasteiger partial charge < -0.3 is 14.8 Å². The Hall–Kier alpha value is -2.48. The molecule has 0 radical (unpaired) electrons. The smallest absolute Gasteiger partial charge is 0.224 e. The Bertz CT molecular complexity index is 980. The van der Waals surface area contributed by atoms with Gasteiger partial charge in [0, 0.05) is 57.6 Å². The summed E-state index contributed by atoms with van der Waals surface area (Å²) in [6.07, 6.45) is 9.11. The number of aromatic nitrogens is 1. The zero-order valence-corrected chi connectivity index (χ0v) is 21.4. The summed E-state index contributed by atoms with van der Waals surface area (Å²) in [5.74, 6) is 1.44. The van der Waals surface area contributed by atoms with Crippen LogP contribution in [-0.4, -0.2) is 79.8 Å². The van der Waals surface area contributed by atoms with Crippen molar-refractivity contribution in [1.82, 2.24) is 20.1 Å². The average Bonchev–Trinajstić information content (AvgIpc) is 3.39. The molecule has 2 aliphatic heterocycles. The summed E-state index contributed by atoms with van der Waals surface area (Å²) in [6.45, 7) is 8.56. The second-order valence-corrected chi connectivity index (χ2v) is 10.5. The molecule has 0 unspecified atom stereocenters. The fourth-order valence-corrected chi connectivity index (χ4v) is 5.82. The molecule has 3 heterocycles.